The van der Waals surface area contributed by atoms with Crippen LogP contribution in [0, 0.1) is 17.0 Å². The third-order valence-corrected chi connectivity index (χ3v) is 3.05. The molecule has 2 aromatic heterocycles. The van der Waals surface area contributed by atoms with E-state index in [0.717, 1.165) is 11.3 Å². The Labute approximate surface area is 120 Å². The summed E-state index contributed by atoms with van der Waals surface area (Å²) >= 11 is 0. The van der Waals surface area contributed by atoms with Gasteiger partial charge >= 0.3 is 5.69 Å². The van der Waals surface area contributed by atoms with Gasteiger partial charge < -0.3 is 4.52 Å². The summed E-state index contributed by atoms with van der Waals surface area (Å²) in [6.45, 7) is 2.31. The molecule has 0 saturated heterocycles. The zero-order valence-electron chi connectivity index (χ0n) is 11.3. The Morgan fingerprint density at radius 3 is 2.76 bits per heavy atom. The van der Waals surface area contributed by atoms with Gasteiger partial charge in [0.05, 0.1) is 4.92 Å². The molecule has 0 N–H and O–H groups in total. The second-order valence-corrected chi connectivity index (χ2v) is 4.70. The molecule has 1 aromatic carbocycles. The fourth-order valence-electron chi connectivity index (χ4n) is 1.94. The summed E-state index contributed by atoms with van der Waals surface area (Å²) in [5, 5.41) is 18.5. The largest absolute Gasteiger partial charge is 0.359 e. The van der Waals surface area contributed by atoms with E-state index >= 15 is 0 Å². The summed E-state index contributed by atoms with van der Waals surface area (Å²) in [4.78, 5) is 10.1. The highest BCUT2D eigenvalue weighted by Gasteiger charge is 2.11. The van der Waals surface area contributed by atoms with Crippen molar-refractivity contribution in [3.63, 3.8) is 0 Å². The molecule has 0 unspecified atom stereocenters. The van der Waals surface area contributed by atoms with Crippen LogP contribution in [-0.2, 0) is 6.54 Å². The van der Waals surface area contributed by atoms with Crippen LogP contribution in [0.5, 0.6) is 0 Å². The van der Waals surface area contributed by atoms with Crippen molar-refractivity contribution in [2.45, 2.75) is 13.5 Å². The number of aryl methyl sites for hydroxylation is 1. The van der Waals surface area contributed by atoms with Gasteiger partial charge in [-0.25, -0.2) is 0 Å². The minimum Gasteiger partial charge on any atom is -0.359 e. The number of aromatic nitrogens is 3. The molecular formula is C14H12N4O3. The molecule has 0 bridgehead atoms. The van der Waals surface area contributed by atoms with Gasteiger partial charge in [-0.15, -0.1) is 0 Å². The van der Waals surface area contributed by atoms with Crippen LogP contribution >= 0.6 is 0 Å². The molecule has 0 saturated carbocycles. The van der Waals surface area contributed by atoms with E-state index in [-0.39, 0.29) is 5.69 Å². The predicted molar refractivity (Wildman–Crippen MR) is 74.7 cm³/mol. The molecule has 0 aliphatic carbocycles. The molecule has 3 aromatic rings. The Hall–Kier alpha value is -2.96. The molecule has 0 aliphatic heterocycles. The molecule has 106 valence electrons. The van der Waals surface area contributed by atoms with E-state index in [1.807, 2.05) is 31.2 Å². The summed E-state index contributed by atoms with van der Waals surface area (Å²) in [7, 11) is 0. The maximum Gasteiger partial charge on any atom is 0.307 e. The average molecular weight is 284 g/mol. The molecule has 0 aliphatic rings. The second-order valence-electron chi connectivity index (χ2n) is 4.70. The number of rotatable bonds is 4. The first-order chi connectivity index (χ1) is 10.1. The number of hydrogen-bond donors (Lipinski definition) is 0. The lowest BCUT2D eigenvalue weighted by molar-refractivity contribution is -0.385. The molecule has 7 heteroatoms. The third-order valence-electron chi connectivity index (χ3n) is 3.05. The Morgan fingerprint density at radius 1 is 1.33 bits per heavy atom. The van der Waals surface area contributed by atoms with E-state index in [0.29, 0.717) is 12.3 Å². The lowest BCUT2D eigenvalue weighted by Crippen LogP contribution is -1.98. The summed E-state index contributed by atoms with van der Waals surface area (Å²) in [6, 6.07) is 9.74. The smallest absolute Gasteiger partial charge is 0.307 e. The summed E-state index contributed by atoms with van der Waals surface area (Å²) in [5.74, 6) is 0.587. The molecule has 21 heavy (non-hydrogen) atoms. The monoisotopic (exact) mass is 284 g/mol. The number of benzene rings is 1. The lowest BCUT2D eigenvalue weighted by atomic mass is 10.1. The van der Waals surface area contributed by atoms with E-state index in [1.54, 1.807) is 6.07 Å². The number of hydrogen-bond acceptors (Lipinski definition) is 5. The molecule has 0 spiro atoms. The topological polar surface area (TPSA) is 87.0 Å². The summed E-state index contributed by atoms with van der Waals surface area (Å²) < 4.78 is 6.68. The average Bonchev–Trinajstić information content (AvgIpc) is 3.10. The van der Waals surface area contributed by atoms with Crippen molar-refractivity contribution in [3.05, 3.63) is 64.2 Å². The van der Waals surface area contributed by atoms with Crippen molar-refractivity contribution in [2.75, 3.05) is 0 Å². The van der Waals surface area contributed by atoms with Gasteiger partial charge in [0.25, 0.3) is 0 Å². The van der Waals surface area contributed by atoms with Gasteiger partial charge in [0.15, 0.2) is 5.76 Å². The molecular weight excluding hydrogens is 272 g/mol. The van der Waals surface area contributed by atoms with Crippen molar-refractivity contribution >= 4 is 5.69 Å². The van der Waals surface area contributed by atoms with Gasteiger partial charge in [0.2, 0.25) is 0 Å². The standard InChI is InChI=1S/C14H12N4O3/c1-10-2-4-11(5-3-10)14-6-13(21-16-14)9-17-8-12(7-15-17)18(19)20/h2-8H,9H2,1H3. The van der Waals surface area contributed by atoms with Crippen molar-refractivity contribution in [3.8, 4) is 11.3 Å². The molecule has 0 radical (unpaired) electrons. The highest BCUT2D eigenvalue weighted by Crippen LogP contribution is 2.20. The van der Waals surface area contributed by atoms with Crippen molar-refractivity contribution < 1.29 is 9.45 Å². The van der Waals surface area contributed by atoms with Gasteiger partial charge in [-0.1, -0.05) is 35.0 Å². The van der Waals surface area contributed by atoms with Gasteiger partial charge in [-0.05, 0) is 6.92 Å². The van der Waals surface area contributed by atoms with Gasteiger partial charge in [-0.3, -0.25) is 14.8 Å². The minimum atomic E-state index is -0.485. The zero-order chi connectivity index (χ0) is 14.8. The van der Waals surface area contributed by atoms with Crippen LogP contribution in [0.4, 0.5) is 5.69 Å². The maximum atomic E-state index is 10.6. The summed E-state index contributed by atoms with van der Waals surface area (Å²) in [5.41, 5.74) is 2.81. The van der Waals surface area contributed by atoms with E-state index in [1.165, 1.54) is 22.6 Å². The molecule has 3 rings (SSSR count). The Bertz CT molecular complexity index is 774. The van der Waals surface area contributed by atoms with Crippen LogP contribution in [0.1, 0.15) is 11.3 Å². The third kappa shape index (κ3) is 2.81. The van der Waals surface area contributed by atoms with Crippen LogP contribution in [0.15, 0.2) is 47.2 Å². The normalized spacial score (nSPS) is 10.7. The van der Waals surface area contributed by atoms with E-state index in [4.69, 9.17) is 4.52 Å². The fraction of sp³-hybridized carbons (Fsp3) is 0.143. The van der Waals surface area contributed by atoms with Crippen LogP contribution < -0.4 is 0 Å². The van der Waals surface area contributed by atoms with Crippen molar-refractivity contribution in [2.24, 2.45) is 0 Å². The second kappa shape index (κ2) is 5.20. The van der Waals surface area contributed by atoms with Crippen LogP contribution in [0.2, 0.25) is 0 Å². The summed E-state index contributed by atoms with van der Waals surface area (Å²) in [6.07, 6.45) is 2.56. The first kappa shape index (κ1) is 13.0. The lowest BCUT2D eigenvalue weighted by Gasteiger charge is -1.95. The number of nitro groups is 1. The van der Waals surface area contributed by atoms with E-state index < -0.39 is 4.92 Å². The Balaban J connectivity index is 1.78. The quantitative estimate of drug-likeness (QED) is 0.543. The minimum absolute atomic E-state index is 0.0479. The molecule has 0 amide bonds. The highest BCUT2D eigenvalue weighted by atomic mass is 16.6. The highest BCUT2D eigenvalue weighted by molar-refractivity contribution is 5.59. The Morgan fingerprint density at radius 2 is 2.10 bits per heavy atom. The van der Waals surface area contributed by atoms with Crippen molar-refractivity contribution in [1.29, 1.82) is 0 Å². The maximum absolute atomic E-state index is 10.6. The van der Waals surface area contributed by atoms with Gasteiger partial charge in [-0.2, -0.15) is 5.10 Å². The molecule has 0 atom stereocenters. The fourth-order valence-corrected chi connectivity index (χ4v) is 1.94. The molecule has 2 heterocycles. The Kier molecular flexibility index (Phi) is 3.23. The van der Waals surface area contributed by atoms with Crippen LogP contribution in [-0.4, -0.2) is 19.9 Å². The first-order valence-corrected chi connectivity index (χ1v) is 6.31. The van der Waals surface area contributed by atoms with E-state index in [9.17, 15) is 10.1 Å². The number of nitrogens with zero attached hydrogens (tertiary/aromatic N) is 4. The van der Waals surface area contributed by atoms with Crippen LogP contribution in [0.3, 0.4) is 0 Å². The first-order valence-electron chi connectivity index (χ1n) is 6.31. The molecule has 0 fully saturated rings. The van der Waals surface area contributed by atoms with Crippen molar-refractivity contribution in [1.82, 2.24) is 14.9 Å². The van der Waals surface area contributed by atoms with Gasteiger partial charge in [0, 0.05) is 11.6 Å². The SMILES string of the molecule is Cc1ccc(-c2cc(Cn3cc([N+](=O)[O-])cn3)on2)cc1. The zero-order valence-corrected chi connectivity index (χ0v) is 11.3. The van der Waals surface area contributed by atoms with E-state index in [2.05, 4.69) is 10.3 Å². The van der Waals surface area contributed by atoms with Crippen LogP contribution in [0.25, 0.3) is 11.3 Å². The van der Waals surface area contributed by atoms with Gasteiger partial charge in [0.1, 0.15) is 24.6 Å². The molecule has 7 nitrogen and oxygen atoms in total. The predicted octanol–water partition coefficient (Wildman–Crippen LogP) is 2.80.